The van der Waals surface area contributed by atoms with E-state index in [1.807, 2.05) is 28.6 Å². The first-order valence-electron chi connectivity index (χ1n) is 7.34. The summed E-state index contributed by atoms with van der Waals surface area (Å²) in [6, 6.07) is 7.29. The van der Waals surface area contributed by atoms with Crippen LogP contribution in [0.15, 0.2) is 41.1 Å². The van der Waals surface area contributed by atoms with Crippen LogP contribution in [0.2, 0.25) is 0 Å². The maximum absolute atomic E-state index is 12.3. The summed E-state index contributed by atoms with van der Waals surface area (Å²) < 4.78 is 7.23. The van der Waals surface area contributed by atoms with Crippen molar-refractivity contribution in [3.63, 3.8) is 0 Å². The second kappa shape index (κ2) is 4.98. The van der Waals surface area contributed by atoms with Crippen LogP contribution in [0.4, 0.5) is 0 Å². The van der Waals surface area contributed by atoms with Gasteiger partial charge in [-0.25, -0.2) is 9.97 Å². The third-order valence-electron chi connectivity index (χ3n) is 4.24. The van der Waals surface area contributed by atoms with E-state index < -0.39 is 0 Å². The van der Waals surface area contributed by atoms with Crippen LogP contribution in [-0.4, -0.2) is 38.4 Å². The van der Waals surface area contributed by atoms with Crippen LogP contribution in [0.3, 0.4) is 0 Å². The summed E-state index contributed by atoms with van der Waals surface area (Å²) in [6.07, 6.45) is 4.21. The molecule has 0 spiro atoms. The van der Waals surface area contributed by atoms with Gasteiger partial charge in [-0.1, -0.05) is 0 Å². The van der Waals surface area contributed by atoms with Gasteiger partial charge in [0.15, 0.2) is 11.4 Å². The Hall–Kier alpha value is -2.63. The molecule has 0 aromatic carbocycles. The topological polar surface area (TPSA) is 64.2 Å². The molecule has 1 aliphatic heterocycles. The van der Waals surface area contributed by atoms with Crippen LogP contribution in [0, 0.1) is 0 Å². The van der Waals surface area contributed by atoms with E-state index in [9.17, 15) is 4.79 Å². The molecule has 3 aromatic heterocycles. The lowest BCUT2D eigenvalue weighted by molar-refractivity contribution is 0.0759. The lowest BCUT2D eigenvalue weighted by Crippen LogP contribution is -2.28. The minimum atomic E-state index is -0.0515. The van der Waals surface area contributed by atoms with E-state index >= 15 is 0 Å². The summed E-state index contributed by atoms with van der Waals surface area (Å²) >= 11 is 0. The molecule has 6 nitrogen and oxygen atoms in total. The standard InChI is InChI=1S/C16H16N4O2/c1-19-14(18-12-4-2-7-17-15(12)19)11-6-8-20(10-11)16(21)13-5-3-9-22-13/h2-5,7,9,11H,6,8,10H2,1H3. The highest BCUT2D eigenvalue weighted by Crippen LogP contribution is 2.29. The number of carbonyl (C=O) groups is 1. The number of fused-ring (bicyclic) bond motifs is 1. The summed E-state index contributed by atoms with van der Waals surface area (Å²) in [5, 5.41) is 0. The number of carbonyl (C=O) groups excluding carboxylic acids is 1. The second-order valence-corrected chi connectivity index (χ2v) is 5.59. The first-order chi connectivity index (χ1) is 10.7. The summed E-state index contributed by atoms with van der Waals surface area (Å²) in [5.41, 5.74) is 1.78. The molecule has 1 saturated heterocycles. The van der Waals surface area contributed by atoms with E-state index in [1.165, 1.54) is 6.26 Å². The van der Waals surface area contributed by atoms with Crippen molar-refractivity contribution in [2.75, 3.05) is 13.1 Å². The molecule has 1 aliphatic rings. The van der Waals surface area contributed by atoms with Crippen LogP contribution in [0.1, 0.15) is 28.7 Å². The number of imidazole rings is 1. The molecule has 1 unspecified atom stereocenters. The lowest BCUT2D eigenvalue weighted by Gasteiger charge is -2.14. The summed E-state index contributed by atoms with van der Waals surface area (Å²) in [4.78, 5) is 23.2. The fraction of sp³-hybridized carbons (Fsp3) is 0.312. The molecule has 4 rings (SSSR count). The lowest BCUT2D eigenvalue weighted by atomic mass is 10.1. The Morgan fingerprint density at radius 1 is 1.36 bits per heavy atom. The fourth-order valence-electron chi connectivity index (χ4n) is 3.12. The average Bonchev–Trinajstić information content (AvgIpc) is 3.27. The number of hydrogen-bond donors (Lipinski definition) is 0. The number of rotatable bonds is 2. The zero-order valence-electron chi connectivity index (χ0n) is 12.3. The smallest absolute Gasteiger partial charge is 0.289 e. The number of aromatic nitrogens is 3. The van der Waals surface area contributed by atoms with Gasteiger partial charge < -0.3 is 13.9 Å². The van der Waals surface area contributed by atoms with Gasteiger partial charge >= 0.3 is 0 Å². The monoisotopic (exact) mass is 296 g/mol. The number of amides is 1. The van der Waals surface area contributed by atoms with E-state index in [-0.39, 0.29) is 11.8 Å². The first-order valence-corrected chi connectivity index (χ1v) is 7.34. The Labute approximate surface area is 127 Å². The average molecular weight is 296 g/mol. The fourth-order valence-corrected chi connectivity index (χ4v) is 3.12. The molecular weight excluding hydrogens is 280 g/mol. The number of furan rings is 1. The summed E-state index contributed by atoms with van der Waals surface area (Å²) in [7, 11) is 1.98. The molecule has 0 aliphatic carbocycles. The first kappa shape index (κ1) is 13.1. The highest BCUT2D eigenvalue weighted by atomic mass is 16.3. The molecule has 0 bridgehead atoms. The molecule has 112 valence electrons. The van der Waals surface area contributed by atoms with E-state index in [0.29, 0.717) is 12.3 Å². The molecule has 0 N–H and O–H groups in total. The van der Waals surface area contributed by atoms with Crippen LogP contribution in [0.25, 0.3) is 11.2 Å². The maximum atomic E-state index is 12.3. The van der Waals surface area contributed by atoms with Gasteiger partial charge in [-0.15, -0.1) is 0 Å². The van der Waals surface area contributed by atoms with Crippen molar-refractivity contribution in [3.05, 3.63) is 48.3 Å². The predicted octanol–water partition coefficient (Wildman–Crippen LogP) is 2.19. The van der Waals surface area contributed by atoms with Gasteiger partial charge in [0.2, 0.25) is 0 Å². The third-order valence-corrected chi connectivity index (χ3v) is 4.24. The van der Waals surface area contributed by atoms with Crippen molar-refractivity contribution in [3.8, 4) is 0 Å². The van der Waals surface area contributed by atoms with E-state index in [1.54, 1.807) is 18.3 Å². The molecule has 22 heavy (non-hydrogen) atoms. The van der Waals surface area contributed by atoms with Crippen molar-refractivity contribution < 1.29 is 9.21 Å². The normalized spacial score (nSPS) is 18.2. The number of hydrogen-bond acceptors (Lipinski definition) is 4. The minimum absolute atomic E-state index is 0.0515. The number of aryl methyl sites for hydroxylation is 1. The van der Waals surface area contributed by atoms with E-state index in [0.717, 1.165) is 30.0 Å². The van der Waals surface area contributed by atoms with Gasteiger partial charge in [-0.2, -0.15) is 0 Å². The van der Waals surface area contributed by atoms with Crippen molar-refractivity contribution in [1.29, 1.82) is 0 Å². The van der Waals surface area contributed by atoms with Gasteiger partial charge in [0.25, 0.3) is 5.91 Å². The Balaban J connectivity index is 1.59. The molecule has 1 atom stereocenters. The van der Waals surface area contributed by atoms with Crippen LogP contribution >= 0.6 is 0 Å². The molecule has 0 saturated carbocycles. The molecule has 3 aromatic rings. The third kappa shape index (κ3) is 1.99. The van der Waals surface area contributed by atoms with Gasteiger partial charge in [-0.05, 0) is 30.7 Å². The quantitative estimate of drug-likeness (QED) is 0.727. The van der Waals surface area contributed by atoms with Crippen LogP contribution in [0.5, 0.6) is 0 Å². The molecular formula is C16H16N4O2. The zero-order chi connectivity index (χ0) is 15.1. The number of pyridine rings is 1. The van der Waals surface area contributed by atoms with Crippen molar-refractivity contribution in [2.45, 2.75) is 12.3 Å². The van der Waals surface area contributed by atoms with E-state index in [2.05, 4.69) is 9.97 Å². The van der Waals surface area contributed by atoms with Gasteiger partial charge in [-0.3, -0.25) is 4.79 Å². The predicted molar refractivity (Wildman–Crippen MR) is 80.5 cm³/mol. The highest BCUT2D eigenvalue weighted by molar-refractivity contribution is 5.91. The van der Waals surface area contributed by atoms with Gasteiger partial charge in [0.1, 0.15) is 11.3 Å². The van der Waals surface area contributed by atoms with Crippen LogP contribution in [-0.2, 0) is 7.05 Å². The Kier molecular flexibility index (Phi) is 2.96. The van der Waals surface area contributed by atoms with Crippen LogP contribution < -0.4 is 0 Å². The van der Waals surface area contributed by atoms with E-state index in [4.69, 9.17) is 4.42 Å². The largest absolute Gasteiger partial charge is 0.459 e. The number of likely N-dealkylation sites (tertiary alicyclic amines) is 1. The Bertz CT molecular complexity index is 822. The zero-order valence-corrected chi connectivity index (χ0v) is 12.3. The van der Waals surface area contributed by atoms with Crippen molar-refractivity contribution in [1.82, 2.24) is 19.4 Å². The Morgan fingerprint density at radius 3 is 3.05 bits per heavy atom. The molecule has 1 amide bonds. The molecule has 1 fully saturated rings. The summed E-state index contributed by atoms with van der Waals surface area (Å²) in [6.45, 7) is 1.39. The van der Waals surface area contributed by atoms with Gasteiger partial charge in [0.05, 0.1) is 6.26 Å². The minimum Gasteiger partial charge on any atom is -0.459 e. The number of nitrogens with zero attached hydrogens (tertiary/aromatic N) is 4. The maximum Gasteiger partial charge on any atom is 0.289 e. The molecule has 0 radical (unpaired) electrons. The second-order valence-electron chi connectivity index (χ2n) is 5.59. The highest BCUT2D eigenvalue weighted by Gasteiger charge is 2.31. The summed E-state index contributed by atoms with van der Waals surface area (Å²) in [5.74, 6) is 1.57. The van der Waals surface area contributed by atoms with Gasteiger partial charge in [0, 0.05) is 32.3 Å². The SMILES string of the molecule is Cn1c(C2CCN(C(=O)c3ccco3)C2)nc2cccnc21. The van der Waals surface area contributed by atoms with Crippen molar-refractivity contribution in [2.24, 2.45) is 7.05 Å². The molecule has 4 heterocycles. The molecule has 6 heteroatoms. The van der Waals surface area contributed by atoms with Crippen molar-refractivity contribution >= 4 is 17.1 Å². The Morgan fingerprint density at radius 2 is 2.27 bits per heavy atom.